The standard InChI is InChI=1S/C59H25F16NO6.C46H46O13S4.O3S/c1-23-40(60)44(64)36(45(65)41(23)61)56(77)38-48(68)52(72)58(53(73)49(38)69)81-31-18-10-27(11-19-31)25-6-14-29(15-7-25)79-34-4-3-5-35(33(34)22-76)80-30-16-8-26(9-17-30)28-12-20-32(21-13-28)82-59-54(74)50(70)39(51(71)55(59)75)57(78)37-46(66)42(62)24(2)43(63)47(37)67;1-26-17-37(18-27(2)43(26)56-9)61(49,50)39-21-30(5)45(31(6)22-39)58-34-11-13-35(14-12-34)60(47,48)36-15-16-41(42(25-36)63(53,54)55)59-46-32(7)23-40(24-33(46)8)62(51,52)38-19-28(3)44(57-10)29(4)20-38;1-4(2)3/h3-21H,1-2H3;11-25H,1-10H3,(H,53,54,55);. The normalized spacial score (nSPS) is 11.5. The number of carbonyl (C=O) groups is 2. The average molecular weight is 2160 g/mol. The number of benzene rings is 15. The SMILES string of the molecule is COc1c(C)cc(S(=O)(=O)c2cc(C)c(Oc3ccc(S(=O)(=O)c4ccc(Oc5c(C)cc(S(=O)(=O)c6cc(C)c(OC)c(C)c6)cc5C)c(S(=O)(=O)O)c4)cc3)c(C)c2)cc1C.Cc1c(F)c(F)c(C(=O)c2c(F)c(F)c(Oc3ccc(-c4ccc(Oc5cccc(Oc6ccc(-c7ccc(Oc8c(F)c(F)c(C(=O)c9c(F)c(F)c(C)c(F)c9F)c(F)c8F)cc7)cc6)c5C#N)cc4)cc3)c(F)c2F)c(F)c1F.O=S(=O)=O. The average Bonchev–Trinajstić information content (AvgIpc) is 0.741. The van der Waals surface area contributed by atoms with Crippen molar-refractivity contribution in [1.82, 2.24) is 0 Å². The second kappa shape index (κ2) is 43.4. The van der Waals surface area contributed by atoms with E-state index in [1.54, 1.807) is 91.8 Å². The summed E-state index contributed by atoms with van der Waals surface area (Å²) in [7, 11) is -17.5. The van der Waals surface area contributed by atoms with Gasteiger partial charge in [0.1, 0.15) is 108 Å². The minimum absolute atomic E-state index is 0.0359. The number of methoxy groups -OCH3 is 2. The minimum atomic E-state index is -5.07. The molecule has 149 heavy (non-hydrogen) atoms. The molecule has 44 heteroatoms. The van der Waals surface area contributed by atoms with E-state index >= 15 is 35.1 Å². The number of nitrogens with zero attached hydrogens (tertiary/aromatic N) is 1. The van der Waals surface area contributed by atoms with Gasteiger partial charge in [0.2, 0.25) is 75.8 Å². The highest BCUT2D eigenvalue weighted by Gasteiger charge is 2.40. The fourth-order valence-corrected chi connectivity index (χ4v) is 20.8. The molecular weight excluding hydrogens is 2090 g/mol. The Hall–Kier alpha value is -16.2. The van der Waals surface area contributed by atoms with Crippen molar-refractivity contribution in [3.63, 3.8) is 0 Å². The van der Waals surface area contributed by atoms with Gasteiger partial charge >= 0.3 is 10.6 Å². The molecule has 15 aromatic rings. The smallest absolute Gasteiger partial charge is 0.425 e. The van der Waals surface area contributed by atoms with Gasteiger partial charge in [-0.15, -0.1) is 12.6 Å². The zero-order chi connectivity index (χ0) is 109. The highest BCUT2D eigenvalue weighted by atomic mass is 32.2. The Labute approximate surface area is 839 Å². The topological polar surface area (TPSA) is 340 Å². The molecule has 0 saturated carbocycles. The van der Waals surface area contributed by atoms with Gasteiger partial charge in [-0.3, -0.25) is 14.1 Å². The van der Waals surface area contributed by atoms with Crippen molar-refractivity contribution in [2.75, 3.05) is 14.2 Å². The van der Waals surface area contributed by atoms with E-state index in [0.717, 1.165) is 42.5 Å². The lowest BCUT2D eigenvalue weighted by atomic mass is 9.98. The van der Waals surface area contributed by atoms with E-state index in [1.807, 2.05) is 6.07 Å². The fraction of sp³-hybridized carbons (Fsp3) is 0.114. The molecule has 15 aromatic carbocycles. The highest BCUT2D eigenvalue weighted by Crippen LogP contribution is 2.46. The maximum atomic E-state index is 15.1. The third-order valence-electron chi connectivity index (χ3n) is 22.9. The summed E-state index contributed by atoms with van der Waals surface area (Å²) in [6.45, 7) is 14.7. The number of halogens is 16. The van der Waals surface area contributed by atoms with Crippen molar-refractivity contribution in [2.45, 2.75) is 104 Å². The highest BCUT2D eigenvalue weighted by molar-refractivity contribution is 7.92. The summed E-state index contributed by atoms with van der Waals surface area (Å²) >= 11 is 0. The van der Waals surface area contributed by atoms with Crippen LogP contribution in [0.4, 0.5) is 70.2 Å². The Morgan fingerprint density at radius 3 is 0.765 bits per heavy atom. The van der Waals surface area contributed by atoms with Crippen LogP contribution in [0.3, 0.4) is 0 Å². The largest absolute Gasteiger partial charge is 0.496 e. The first-order valence-corrected chi connectivity index (χ1v) is 49.6. The van der Waals surface area contributed by atoms with Crippen molar-refractivity contribution in [2.24, 2.45) is 0 Å². The summed E-state index contributed by atoms with van der Waals surface area (Å²) in [5.74, 6) is -44.0. The summed E-state index contributed by atoms with van der Waals surface area (Å²) in [5, 5.41) is 10.1. The predicted octanol–water partition coefficient (Wildman–Crippen LogP) is 25.9. The molecule has 770 valence electrons. The van der Waals surface area contributed by atoms with Crippen LogP contribution >= 0.6 is 0 Å². The van der Waals surface area contributed by atoms with Crippen LogP contribution in [0, 0.1) is 174 Å². The van der Waals surface area contributed by atoms with Crippen molar-refractivity contribution in [3.8, 4) is 109 Å². The number of sulfone groups is 3. The number of ether oxygens (including phenoxy) is 8. The van der Waals surface area contributed by atoms with Crippen LogP contribution in [-0.4, -0.2) is 76.6 Å². The van der Waals surface area contributed by atoms with E-state index in [0.29, 0.717) is 97.9 Å². The monoisotopic (exact) mass is 2160 g/mol. The van der Waals surface area contributed by atoms with Crippen molar-refractivity contribution in [1.29, 1.82) is 5.26 Å². The molecule has 23 nitrogen and oxygen atoms in total. The maximum Gasteiger partial charge on any atom is 0.425 e. The zero-order valence-corrected chi connectivity index (χ0v) is 82.8. The molecular formula is C105H71F16NO22S5. The summed E-state index contributed by atoms with van der Waals surface area (Å²) in [6, 6.07) is 49.0. The van der Waals surface area contributed by atoms with Gasteiger partial charge in [-0.05, 0) is 288 Å². The fourth-order valence-electron chi connectivity index (χ4n) is 15.6. The molecule has 0 aromatic heterocycles. The van der Waals surface area contributed by atoms with Crippen LogP contribution in [0.5, 0.6) is 80.5 Å². The van der Waals surface area contributed by atoms with Gasteiger partial charge in [-0.25, -0.2) is 77.9 Å². The molecule has 0 bridgehead atoms. The number of rotatable bonds is 27. The molecule has 0 aliphatic carbocycles. The van der Waals surface area contributed by atoms with Gasteiger partial charge in [0, 0.05) is 11.1 Å². The summed E-state index contributed by atoms with van der Waals surface area (Å²) in [6.07, 6.45) is 0. The molecule has 0 radical (unpaired) electrons. The van der Waals surface area contributed by atoms with Gasteiger partial charge in [-0.1, -0.05) is 54.6 Å². The van der Waals surface area contributed by atoms with Gasteiger partial charge < -0.3 is 37.9 Å². The van der Waals surface area contributed by atoms with E-state index in [1.165, 1.54) is 142 Å². The van der Waals surface area contributed by atoms with Crippen molar-refractivity contribution >= 4 is 61.8 Å². The van der Waals surface area contributed by atoms with Crippen LogP contribution in [-0.2, 0) is 50.2 Å². The molecule has 0 heterocycles. The Kier molecular flexibility index (Phi) is 32.1. The van der Waals surface area contributed by atoms with Crippen LogP contribution in [0.25, 0.3) is 22.3 Å². The van der Waals surface area contributed by atoms with Gasteiger partial charge in [0.25, 0.3) is 10.1 Å². The van der Waals surface area contributed by atoms with E-state index < -0.39 is 227 Å². The number of carbonyl (C=O) groups excluding carboxylic acids is 2. The van der Waals surface area contributed by atoms with Gasteiger partial charge in [0.15, 0.2) is 69.8 Å². The second-order valence-electron chi connectivity index (χ2n) is 32.8. The number of ketones is 2. The van der Waals surface area contributed by atoms with Crippen LogP contribution in [0.1, 0.15) is 93.0 Å². The number of nitriles is 1. The number of aryl methyl sites for hydroxylation is 8. The zero-order valence-electron chi connectivity index (χ0n) is 78.7. The Morgan fingerprint density at radius 1 is 0.275 bits per heavy atom. The van der Waals surface area contributed by atoms with Crippen molar-refractivity contribution in [3.05, 3.63) is 383 Å². The summed E-state index contributed by atoms with van der Waals surface area (Å²) in [4.78, 5) is 24.1. The van der Waals surface area contributed by atoms with Crippen LogP contribution in [0.15, 0.2) is 241 Å². The van der Waals surface area contributed by atoms with E-state index in [9.17, 15) is 88.2 Å². The first-order chi connectivity index (χ1) is 70.0. The Balaban J connectivity index is 0.000000248. The number of hydrogen-bond acceptors (Lipinski definition) is 22. The second-order valence-corrected chi connectivity index (χ2v) is 40.4. The Bertz CT molecular complexity index is 8260. The van der Waals surface area contributed by atoms with Gasteiger partial charge in [0.05, 0.1) is 43.6 Å². The van der Waals surface area contributed by atoms with Crippen molar-refractivity contribution < 1.29 is 169 Å². The lowest BCUT2D eigenvalue weighted by molar-refractivity contribution is 0.100. The lowest BCUT2D eigenvalue weighted by Gasteiger charge is -2.17. The Morgan fingerprint density at radius 2 is 0.503 bits per heavy atom. The minimum Gasteiger partial charge on any atom is -0.496 e. The first kappa shape index (κ1) is 110. The van der Waals surface area contributed by atoms with Crippen LogP contribution < -0.4 is 37.9 Å². The van der Waals surface area contributed by atoms with Gasteiger partial charge in [-0.2, -0.15) is 31.2 Å². The molecule has 0 spiro atoms. The molecule has 0 unspecified atom stereocenters. The molecule has 0 atom stereocenters. The predicted molar refractivity (Wildman–Crippen MR) is 502 cm³/mol. The third-order valence-corrected chi connectivity index (χ3v) is 28.9. The van der Waals surface area contributed by atoms with E-state index in [-0.39, 0.29) is 64.5 Å². The molecule has 0 aliphatic heterocycles. The summed E-state index contributed by atoms with van der Waals surface area (Å²) < 4.78 is 423. The number of hydrogen-bond donors (Lipinski definition) is 1. The quantitative estimate of drug-likeness (QED) is 0.0216. The van der Waals surface area contributed by atoms with Crippen LogP contribution in [0.2, 0.25) is 0 Å². The third kappa shape index (κ3) is 22.1. The first-order valence-electron chi connectivity index (χ1n) is 42.7. The molecule has 15 rings (SSSR count). The van der Waals surface area contributed by atoms with E-state index in [2.05, 4.69) is 0 Å². The molecule has 0 aliphatic rings. The summed E-state index contributed by atoms with van der Waals surface area (Å²) in [5.41, 5.74) is -4.91. The van der Waals surface area contributed by atoms with E-state index in [4.69, 9.17) is 50.5 Å². The molecule has 0 saturated heterocycles. The molecule has 0 fully saturated rings. The lowest BCUT2D eigenvalue weighted by Crippen LogP contribution is -2.18. The molecule has 1 N–H and O–H groups in total. The maximum absolute atomic E-state index is 15.1. The molecule has 0 amide bonds.